The van der Waals surface area contributed by atoms with Gasteiger partial charge in [0.2, 0.25) is 5.91 Å². The van der Waals surface area contributed by atoms with E-state index in [1.165, 1.54) is 10.7 Å². The second kappa shape index (κ2) is 7.82. The summed E-state index contributed by atoms with van der Waals surface area (Å²) < 4.78 is 28.0. The summed E-state index contributed by atoms with van der Waals surface area (Å²) in [6.45, 7) is 4.03. The van der Waals surface area contributed by atoms with Gasteiger partial charge in [0.05, 0.1) is 10.6 Å². The molecule has 154 valence electrons. The molecule has 1 amide bonds. The lowest BCUT2D eigenvalue weighted by molar-refractivity contribution is -0.120. The van der Waals surface area contributed by atoms with E-state index in [9.17, 15) is 13.2 Å². The van der Waals surface area contributed by atoms with Gasteiger partial charge in [-0.25, -0.2) is 8.42 Å². The van der Waals surface area contributed by atoms with Crippen LogP contribution >= 0.6 is 0 Å². The van der Waals surface area contributed by atoms with Crippen LogP contribution in [-0.4, -0.2) is 26.9 Å². The summed E-state index contributed by atoms with van der Waals surface area (Å²) in [5.41, 5.74) is 3.29. The average molecular weight is 413 g/mol. The number of amides is 1. The van der Waals surface area contributed by atoms with Crippen molar-refractivity contribution in [2.45, 2.75) is 62.8 Å². The zero-order valence-corrected chi connectivity index (χ0v) is 17.8. The summed E-state index contributed by atoms with van der Waals surface area (Å²) >= 11 is 0. The largest absolute Gasteiger partial charge is 0.352 e. The summed E-state index contributed by atoms with van der Waals surface area (Å²) in [6, 6.07) is 13.1. The molecule has 0 spiro atoms. The Hall–Kier alpha value is -2.34. The minimum atomic E-state index is -3.79. The number of carbonyl (C=O) groups is 1. The highest BCUT2D eigenvalue weighted by Crippen LogP contribution is 2.43. The lowest BCUT2D eigenvalue weighted by Crippen LogP contribution is -2.45. The van der Waals surface area contributed by atoms with Crippen LogP contribution in [-0.2, 0) is 14.8 Å². The Morgan fingerprint density at radius 2 is 1.79 bits per heavy atom. The molecule has 1 aliphatic carbocycles. The Labute approximate surface area is 173 Å². The molecule has 6 heteroatoms. The molecule has 0 atom stereocenters. The Morgan fingerprint density at radius 3 is 2.52 bits per heavy atom. The number of hydrogen-bond acceptors (Lipinski definition) is 3. The standard InChI is InChI=1S/C23H28N2O3S/c1-16(2)17-12-13-21-20(14-17)19-10-6-7-11-22(19)29(27,28)25(21)15-23(26)24-18-8-4-3-5-9-18/h6-7,10-14,16,18H,3-5,8-9,15H2,1-2H3,(H,24,26). The number of carbonyl (C=O) groups excluding carboxylic acids is 1. The summed E-state index contributed by atoms with van der Waals surface area (Å²) in [6.07, 6.45) is 5.36. The van der Waals surface area contributed by atoms with Crippen molar-refractivity contribution in [1.29, 1.82) is 0 Å². The van der Waals surface area contributed by atoms with Crippen LogP contribution in [0.1, 0.15) is 57.4 Å². The fourth-order valence-electron chi connectivity index (χ4n) is 4.33. The molecule has 0 aromatic heterocycles. The molecule has 0 bridgehead atoms. The number of nitrogens with one attached hydrogen (secondary N) is 1. The quantitative estimate of drug-likeness (QED) is 0.808. The molecule has 29 heavy (non-hydrogen) atoms. The molecule has 2 aliphatic rings. The van der Waals surface area contributed by atoms with Crippen molar-refractivity contribution in [3.8, 4) is 11.1 Å². The molecule has 1 N–H and O–H groups in total. The van der Waals surface area contributed by atoms with E-state index in [0.29, 0.717) is 17.2 Å². The molecule has 2 aromatic rings. The number of rotatable bonds is 4. The molecular formula is C23H28N2O3S. The smallest absolute Gasteiger partial charge is 0.265 e. The minimum absolute atomic E-state index is 0.152. The van der Waals surface area contributed by atoms with Crippen molar-refractivity contribution in [3.05, 3.63) is 48.0 Å². The molecule has 1 heterocycles. The van der Waals surface area contributed by atoms with Crippen LogP contribution in [0.3, 0.4) is 0 Å². The zero-order valence-electron chi connectivity index (χ0n) is 17.0. The maximum atomic E-state index is 13.4. The Bertz CT molecular complexity index is 1020. The van der Waals surface area contributed by atoms with Crippen LogP contribution in [0.2, 0.25) is 0 Å². The average Bonchev–Trinajstić information content (AvgIpc) is 2.71. The monoisotopic (exact) mass is 412 g/mol. The summed E-state index contributed by atoms with van der Waals surface area (Å²) in [7, 11) is -3.79. The van der Waals surface area contributed by atoms with Crippen molar-refractivity contribution in [1.82, 2.24) is 5.32 Å². The van der Waals surface area contributed by atoms with Gasteiger partial charge >= 0.3 is 0 Å². The third-order valence-corrected chi connectivity index (χ3v) is 7.78. The van der Waals surface area contributed by atoms with Gasteiger partial charge in [0.25, 0.3) is 10.0 Å². The fourth-order valence-corrected chi connectivity index (χ4v) is 5.98. The van der Waals surface area contributed by atoms with Crippen molar-refractivity contribution >= 4 is 21.6 Å². The SMILES string of the molecule is CC(C)c1ccc2c(c1)-c1ccccc1S(=O)(=O)N2CC(=O)NC1CCCCC1. The van der Waals surface area contributed by atoms with E-state index >= 15 is 0 Å². The van der Waals surface area contributed by atoms with Crippen molar-refractivity contribution in [2.24, 2.45) is 0 Å². The van der Waals surface area contributed by atoms with Gasteiger partial charge in [-0.15, -0.1) is 0 Å². The lowest BCUT2D eigenvalue weighted by atomic mass is 9.95. The van der Waals surface area contributed by atoms with Gasteiger partial charge in [-0.05, 0) is 42.5 Å². The van der Waals surface area contributed by atoms with Gasteiger partial charge < -0.3 is 5.32 Å². The number of nitrogens with zero attached hydrogens (tertiary/aromatic N) is 1. The summed E-state index contributed by atoms with van der Waals surface area (Å²) in [5.74, 6) is 0.0905. The van der Waals surface area contributed by atoms with Gasteiger partial charge in [0.1, 0.15) is 6.54 Å². The predicted molar refractivity (Wildman–Crippen MR) is 116 cm³/mol. The van der Waals surface area contributed by atoms with E-state index < -0.39 is 10.0 Å². The molecule has 1 aliphatic heterocycles. The van der Waals surface area contributed by atoms with Crippen LogP contribution in [0.15, 0.2) is 47.4 Å². The molecule has 1 saturated carbocycles. The van der Waals surface area contributed by atoms with Crippen molar-refractivity contribution in [3.63, 3.8) is 0 Å². The Kier molecular flexibility index (Phi) is 5.38. The molecule has 4 rings (SSSR count). The maximum Gasteiger partial charge on any atom is 0.265 e. The second-order valence-electron chi connectivity index (χ2n) is 8.34. The summed E-state index contributed by atoms with van der Waals surface area (Å²) in [5, 5.41) is 3.04. The first-order chi connectivity index (χ1) is 13.9. The molecule has 0 radical (unpaired) electrons. The second-order valence-corrected chi connectivity index (χ2v) is 10.2. The van der Waals surface area contributed by atoms with Crippen molar-refractivity contribution in [2.75, 3.05) is 10.8 Å². The van der Waals surface area contributed by atoms with Gasteiger partial charge in [-0.2, -0.15) is 0 Å². The molecule has 0 saturated heterocycles. The fraction of sp³-hybridized carbons (Fsp3) is 0.435. The Balaban J connectivity index is 1.71. The predicted octanol–water partition coefficient (Wildman–Crippen LogP) is 4.43. The topological polar surface area (TPSA) is 66.5 Å². The number of fused-ring (bicyclic) bond motifs is 3. The highest BCUT2D eigenvalue weighted by molar-refractivity contribution is 7.93. The van der Waals surface area contributed by atoms with Crippen LogP contribution in [0.5, 0.6) is 0 Å². The number of benzene rings is 2. The zero-order chi connectivity index (χ0) is 20.6. The van der Waals surface area contributed by atoms with Crippen LogP contribution in [0.25, 0.3) is 11.1 Å². The number of sulfonamides is 1. The molecule has 1 fully saturated rings. The van der Waals surface area contributed by atoms with E-state index in [-0.39, 0.29) is 23.4 Å². The first kappa shape index (κ1) is 20.0. The summed E-state index contributed by atoms with van der Waals surface area (Å²) in [4.78, 5) is 13.0. The van der Waals surface area contributed by atoms with Gasteiger partial charge in [0.15, 0.2) is 0 Å². The van der Waals surface area contributed by atoms with E-state index in [2.05, 4.69) is 25.2 Å². The van der Waals surface area contributed by atoms with Gasteiger partial charge in [0, 0.05) is 17.2 Å². The highest BCUT2D eigenvalue weighted by atomic mass is 32.2. The normalized spacial score (nSPS) is 18.2. The highest BCUT2D eigenvalue weighted by Gasteiger charge is 2.36. The van der Waals surface area contributed by atoms with Crippen LogP contribution < -0.4 is 9.62 Å². The van der Waals surface area contributed by atoms with E-state index in [1.54, 1.807) is 12.1 Å². The number of hydrogen-bond donors (Lipinski definition) is 1. The molecule has 5 nitrogen and oxygen atoms in total. The van der Waals surface area contributed by atoms with Crippen LogP contribution in [0, 0.1) is 0 Å². The third-order valence-electron chi connectivity index (χ3n) is 5.96. The van der Waals surface area contributed by atoms with Gasteiger partial charge in [-0.3, -0.25) is 9.10 Å². The first-order valence-corrected chi connectivity index (χ1v) is 11.9. The van der Waals surface area contributed by atoms with Crippen LogP contribution in [0.4, 0.5) is 5.69 Å². The van der Waals surface area contributed by atoms with Gasteiger partial charge in [-0.1, -0.05) is 57.4 Å². The molecule has 2 aromatic carbocycles. The lowest BCUT2D eigenvalue weighted by Gasteiger charge is -2.33. The minimum Gasteiger partial charge on any atom is -0.352 e. The maximum absolute atomic E-state index is 13.4. The van der Waals surface area contributed by atoms with E-state index in [4.69, 9.17) is 0 Å². The van der Waals surface area contributed by atoms with E-state index in [1.807, 2.05) is 24.3 Å². The molecule has 0 unspecified atom stereocenters. The number of anilines is 1. The first-order valence-electron chi connectivity index (χ1n) is 10.4. The third kappa shape index (κ3) is 3.78. The van der Waals surface area contributed by atoms with Crippen molar-refractivity contribution < 1.29 is 13.2 Å². The van der Waals surface area contributed by atoms with E-state index in [0.717, 1.165) is 36.8 Å². The Morgan fingerprint density at radius 1 is 1.07 bits per heavy atom. The molecular weight excluding hydrogens is 384 g/mol.